The molecule has 0 fully saturated rings. The van der Waals surface area contributed by atoms with Crippen LogP contribution in [0.25, 0.3) is 43.1 Å². The predicted octanol–water partition coefficient (Wildman–Crippen LogP) is 7.69. The summed E-state index contributed by atoms with van der Waals surface area (Å²) < 4.78 is 25.9. The molecule has 4 amide bonds. The first-order valence-corrected chi connectivity index (χ1v) is 20.3. The smallest absolute Gasteiger partial charge is 0.261 e. The minimum atomic E-state index is -3.67. The Balaban J connectivity index is 0.000000875. The zero-order valence-corrected chi connectivity index (χ0v) is 32.4. The molecule has 0 aromatic heterocycles. The second-order valence-electron chi connectivity index (χ2n) is 14.6. The third kappa shape index (κ3) is 6.88. The Labute approximate surface area is 319 Å². The second kappa shape index (κ2) is 14.6. The zero-order chi connectivity index (χ0) is 39.3. The normalized spacial score (nSPS) is 14.1. The molecule has 6 aromatic rings. The van der Waals surface area contributed by atoms with Crippen molar-refractivity contribution in [3.63, 3.8) is 0 Å². The van der Waals surface area contributed by atoms with Gasteiger partial charge >= 0.3 is 0 Å². The fourth-order valence-electron chi connectivity index (χ4n) is 8.20. The van der Waals surface area contributed by atoms with Crippen LogP contribution in [0.2, 0.25) is 0 Å². The second-order valence-corrected chi connectivity index (χ2v) is 16.1. The Morgan fingerprint density at radius 3 is 1.42 bits per heavy atom. The monoisotopic (exact) mass is 757 g/mol. The van der Waals surface area contributed by atoms with E-state index in [1.165, 1.54) is 9.80 Å². The fourth-order valence-corrected chi connectivity index (χ4v) is 8.20. The van der Waals surface area contributed by atoms with Gasteiger partial charge in [0.2, 0.25) is 0 Å². The number of fused-ring (bicyclic) bond motifs is 4. The molecule has 2 N–H and O–H groups in total. The first-order valence-electron chi connectivity index (χ1n) is 18.4. The molecule has 0 aliphatic carbocycles. The van der Waals surface area contributed by atoms with Crippen molar-refractivity contribution in [2.75, 3.05) is 32.4 Å². The van der Waals surface area contributed by atoms with Crippen LogP contribution in [0.5, 0.6) is 0 Å². The van der Waals surface area contributed by atoms with E-state index in [1.807, 2.05) is 50.2 Å². The van der Waals surface area contributed by atoms with Crippen LogP contribution in [0.3, 0.4) is 0 Å². The molecular weight excluding hydrogens is 715 g/mol. The molecule has 6 aromatic carbocycles. The van der Waals surface area contributed by atoms with Crippen LogP contribution in [0.15, 0.2) is 72.8 Å². The average Bonchev–Trinajstić information content (AvgIpc) is 3.13. The summed E-state index contributed by atoms with van der Waals surface area (Å²) in [6.45, 7) is 10.0. The Morgan fingerprint density at radius 2 is 0.964 bits per heavy atom. The fraction of sp³-hybridized carbons (Fsp3) is 0.273. The van der Waals surface area contributed by atoms with Gasteiger partial charge in [-0.2, -0.15) is 8.42 Å². The molecule has 0 spiro atoms. The molecule has 0 atom stereocenters. The number of imide groups is 2. The van der Waals surface area contributed by atoms with Crippen molar-refractivity contribution in [1.82, 2.24) is 15.1 Å². The van der Waals surface area contributed by atoms with E-state index in [0.717, 1.165) is 71.8 Å². The summed E-state index contributed by atoms with van der Waals surface area (Å²) in [4.78, 5) is 57.6. The van der Waals surface area contributed by atoms with Crippen LogP contribution in [-0.2, 0) is 10.1 Å². The number of benzene rings is 6. The number of carbonyl (C=O) groups excluding carboxylic acids is 4. The summed E-state index contributed by atoms with van der Waals surface area (Å²) in [5.41, 5.74) is 6.51. The van der Waals surface area contributed by atoms with Gasteiger partial charge in [0.25, 0.3) is 33.7 Å². The Morgan fingerprint density at radius 1 is 0.545 bits per heavy atom. The van der Waals surface area contributed by atoms with E-state index in [0.29, 0.717) is 67.5 Å². The minimum absolute atomic E-state index is 0.224. The predicted molar refractivity (Wildman–Crippen MR) is 217 cm³/mol. The van der Waals surface area contributed by atoms with Gasteiger partial charge in [0, 0.05) is 35.0 Å². The molecule has 2 heterocycles. The zero-order valence-electron chi connectivity index (χ0n) is 31.6. The van der Waals surface area contributed by atoms with E-state index in [1.54, 1.807) is 0 Å². The maximum Gasteiger partial charge on any atom is 0.261 e. The van der Waals surface area contributed by atoms with Gasteiger partial charge in [0.1, 0.15) is 0 Å². The Kier molecular flexibility index (Phi) is 10.1. The topological polar surface area (TPSA) is 141 Å². The highest BCUT2D eigenvalue weighted by Crippen LogP contribution is 2.40. The van der Waals surface area contributed by atoms with E-state index in [2.05, 4.69) is 55.6 Å². The minimum Gasteiger partial charge on any atom is -0.317 e. The van der Waals surface area contributed by atoms with Gasteiger partial charge < -0.3 is 5.32 Å². The summed E-state index contributed by atoms with van der Waals surface area (Å²) in [6.07, 6.45) is 2.77. The van der Waals surface area contributed by atoms with Crippen molar-refractivity contribution in [3.8, 4) is 0 Å². The van der Waals surface area contributed by atoms with Crippen LogP contribution in [0.1, 0.15) is 82.9 Å². The molecule has 2 aliphatic rings. The van der Waals surface area contributed by atoms with Crippen molar-refractivity contribution >= 4 is 76.8 Å². The maximum absolute atomic E-state index is 13.8. The Bertz CT molecular complexity index is 2560. The lowest BCUT2D eigenvalue weighted by Gasteiger charge is -2.29. The SMILES string of the molecule is CS(=O)(=O)O.Cc1ccc2c(C)c3c4c(cccc4c2c1)C(=O)N(CCCCNCCCN1C(=O)c2cccc4c2c(c(C)c2ccc(C)cc24)C1=O)C3=O. The van der Waals surface area contributed by atoms with Crippen LogP contribution in [0.4, 0.5) is 0 Å². The molecule has 55 heavy (non-hydrogen) atoms. The van der Waals surface area contributed by atoms with Gasteiger partial charge in [-0.15, -0.1) is 0 Å². The molecule has 0 radical (unpaired) electrons. The number of aryl methyl sites for hydroxylation is 4. The van der Waals surface area contributed by atoms with Gasteiger partial charge in [0.05, 0.1) is 17.4 Å². The molecule has 0 bridgehead atoms. The quantitative estimate of drug-likeness (QED) is 0.0662. The van der Waals surface area contributed by atoms with Crippen molar-refractivity contribution in [3.05, 3.63) is 117 Å². The molecule has 2 aliphatic heterocycles. The summed E-state index contributed by atoms with van der Waals surface area (Å²) >= 11 is 0. The number of rotatable bonds is 9. The van der Waals surface area contributed by atoms with E-state index < -0.39 is 10.1 Å². The molecule has 282 valence electrons. The van der Waals surface area contributed by atoms with E-state index in [-0.39, 0.29) is 23.6 Å². The highest BCUT2D eigenvalue weighted by Gasteiger charge is 2.36. The molecule has 8 rings (SSSR count). The van der Waals surface area contributed by atoms with Crippen molar-refractivity contribution in [1.29, 1.82) is 0 Å². The first-order chi connectivity index (χ1) is 26.2. The van der Waals surface area contributed by atoms with Crippen LogP contribution < -0.4 is 5.32 Å². The largest absolute Gasteiger partial charge is 0.317 e. The van der Waals surface area contributed by atoms with Crippen LogP contribution >= 0.6 is 0 Å². The van der Waals surface area contributed by atoms with Crippen molar-refractivity contribution in [2.24, 2.45) is 0 Å². The molecule has 0 saturated heterocycles. The lowest BCUT2D eigenvalue weighted by molar-refractivity contribution is 0.0591. The number of carbonyl (C=O) groups is 4. The van der Waals surface area contributed by atoms with E-state index >= 15 is 0 Å². The number of hydrogen-bond acceptors (Lipinski definition) is 7. The van der Waals surface area contributed by atoms with Gasteiger partial charge in [-0.3, -0.25) is 33.5 Å². The number of nitrogens with zero attached hydrogens (tertiary/aromatic N) is 2. The third-order valence-electron chi connectivity index (χ3n) is 10.7. The van der Waals surface area contributed by atoms with Crippen LogP contribution in [-0.4, -0.2) is 78.8 Å². The van der Waals surface area contributed by atoms with Gasteiger partial charge in [-0.25, -0.2) is 0 Å². The lowest BCUT2D eigenvalue weighted by Crippen LogP contribution is -2.42. The summed E-state index contributed by atoms with van der Waals surface area (Å²) in [5.74, 6) is -0.937. The molecule has 0 unspecified atom stereocenters. The number of hydrogen-bond donors (Lipinski definition) is 2. The van der Waals surface area contributed by atoms with Crippen molar-refractivity contribution in [2.45, 2.75) is 47.0 Å². The Hall–Kier alpha value is -5.49. The highest BCUT2D eigenvalue weighted by molar-refractivity contribution is 7.85. The summed E-state index contributed by atoms with van der Waals surface area (Å²) in [7, 11) is -3.67. The van der Waals surface area contributed by atoms with Crippen molar-refractivity contribution < 1.29 is 32.1 Å². The summed E-state index contributed by atoms with van der Waals surface area (Å²) in [5, 5.41) is 11.0. The summed E-state index contributed by atoms with van der Waals surface area (Å²) in [6, 6.07) is 24.0. The third-order valence-corrected chi connectivity index (χ3v) is 10.7. The van der Waals surface area contributed by atoms with Crippen LogP contribution in [0, 0.1) is 27.7 Å². The number of amides is 4. The van der Waals surface area contributed by atoms with Gasteiger partial charge in [-0.1, -0.05) is 71.8 Å². The van der Waals surface area contributed by atoms with E-state index in [4.69, 9.17) is 4.55 Å². The number of nitrogens with one attached hydrogen (secondary N) is 1. The van der Waals surface area contributed by atoms with Gasteiger partial charge in [0.15, 0.2) is 0 Å². The standard InChI is InChI=1S/C43H39N3O4.CH4O3S/c1-24-14-16-28-26(3)36-38-30(34(28)22-24)10-7-12-32(38)40(47)45(42(36)49)20-6-5-18-44-19-9-21-46-41(48)33-13-8-11-31-35-23-25(2)15-17-29(35)27(4)37(39(31)33)43(46)50;1-5(2,3)4/h7-8,10-17,22-23,44H,5-6,9,18-21H2,1-4H3;1H3,(H,2,3,4). The van der Waals surface area contributed by atoms with E-state index in [9.17, 15) is 27.6 Å². The average molecular weight is 758 g/mol. The molecule has 0 saturated carbocycles. The lowest BCUT2D eigenvalue weighted by atomic mass is 9.86. The van der Waals surface area contributed by atoms with Gasteiger partial charge in [-0.05, 0) is 116 Å². The number of unbranched alkanes of at least 4 members (excludes halogenated alkanes) is 1. The maximum atomic E-state index is 13.8. The molecular formula is C44H43N3O7S. The molecule has 11 heteroatoms. The molecule has 10 nitrogen and oxygen atoms in total. The first kappa shape index (κ1) is 37.8. The highest BCUT2D eigenvalue weighted by atomic mass is 32.2.